The molecular weight excluding hydrogens is 380 g/mol. The smallest absolute Gasteiger partial charge is 0.333 e. The molecule has 3 rings (SSSR count). The Kier molecular flexibility index (Phi) is 6.35. The van der Waals surface area contributed by atoms with Gasteiger partial charge in [0.1, 0.15) is 6.61 Å². The standard InChI is InChI=1S/C24H26N2O4/c1-4-16-30-23(29)24(3)17-25(21(27)20-12-10-18(2)11-13-20)14-15-26(24)22(28)19-8-6-5-7-9-19/h4-13H,1,14-17H2,2-3H3. The van der Waals surface area contributed by atoms with Crippen molar-refractivity contribution in [2.45, 2.75) is 19.4 Å². The molecule has 0 aliphatic carbocycles. The Labute approximate surface area is 176 Å². The van der Waals surface area contributed by atoms with Gasteiger partial charge in [0, 0.05) is 24.2 Å². The van der Waals surface area contributed by atoms with E-state index in [9.17, 15) is 14.4 Å². The Bertz CT molecular complexity index is 939. The molecule has 0 saturated carbocycles. The lowest BCUT2D eigenvalue weighted by Gasteiger charge is -2.47. The number of benzene rings is 2. The van der Waals surface area contributed by atoms with Crippen molar-refractivity contribution in [1.82, 2.24) is 9.80 Å². The summed E-state index contributed by atoms with van der Waals surface area (Å²) in [4.78, 5) is 42.3. The molecule has 1 atom stereocenters. The lowest BCUT2D eigenvalue weighted by molar-refractivity contribution is -0.157. The van der Waals surface area contributed by atoms with Crippen LogP contribution in [0.5, 0.6) is 0 Å². The van der Waals surface area contributed by atoms with Gasteiger partial charge in [0.15, 0.2) is 5.54 Å². The zero-order valence-electron chi connectivity index (χ0n) is 17.3. The summed E-state index contributed by atoms with van der Waals surface area (Å²) in [7, 11) is 0. The van der Waals surface area contributed by atoms with Crippen LogP contribution in [0.4, 0.5) is 0 Å². The van der Waals surface area contributed by atoms with Crippen molar-refractivity contribution < 1.29 is 19.1 Å². The van der Waals surface area contributed by atoms with Gasteiger partial charge in [-0.05, 0) is 38.1 Å². The summed E-state index contributed by atoms with van der Waals surface area (Å²) in [5.74, 6) is -1.01. The maximum Gasteiger partial charge on any atom is 0.333 e. The SMILES string of the molecule is C=CCOC(=O)C1(C)CN(C(=O)c2ccc(C)cc2)CCN1C(=O)c1ccccc1. The van der Waals surface area contributed by atoms with Gasteiger partial charge in [-0.1, -0.05) is 48.6 Å². The lowest BCUT2D eigenvalue weighted by atomic mass is 9.94. The number of ether oxygens (including phenoxy) is 1. The second-order valence-corrected chi connectivity index (χ2v) is 7.58. The molecule has 30 heavy (non-hydrogen) atoms. The monoisotopic (exact) mass is 406 g/mol. The second-order valence-electron chi connectivity index (χ2n) is 7.58. The van der Waals surface area contributed by atoms with E-state index in [-0.39, 0.29) is 31.5 Å². The van der Waals surface area contributed by atoms with Crippen molar-refractivity contribution in [1.29, 1.82) is 0 Å². The Hall–Kier alpha value is -3.41. The van der Waals surface area contributed by atoms with Crippen molar-refractivity contribution in [2.24, 2.45) is 0 Å². The maximum atomic E-state index is 13.2. The van der Waals surface area contributed by atoms with Crippen LogP contribution in [0.25, 0.3) is 0 Å². The fourth-order valence-corrected chi connectivity index (χ4v) is 3.58. The lowest BCUT2D eigenvalue weighted by Crippen LogP contribution is -2.67. The normalized spacial score (nSPS) is 18.6. The highest BCUT2D eigenvalue weighted by Crippen LogP contribution is 2.27. The van der Waals surface area contributed by atoms with Gasteiger partial charge in [-0.2, -0.15) is 0 Å². The van der Waals surface area contributed by atoms with E-state index in [1.807, 2.05) is 25.1 Å². The van der Waals surface area contributed by atoms with Crippen LogP contribution in [0, 0.1) is 6.92 Å². The highest BCUT2D eigenvalue weighted by Gasteiger charge is 2.48. The van der Waals surface area contributed by atoms with Gasteiger partial charge < -0.3 is 14.5 Å². The molecule has 0 spiro atoms. The molecule has 0 bridgehead atoms. The molecule has 1 aliphatic heterocycles. The minimum atomic E-state index is -1.31. The first kappa shape index (κ1) is 21.3. The van der Waals surface area contributed by atoms with Crippen molar-refractivity contribution in [3.63, 3.8) is 0 Å². The van der Waals surface area contributed by atoms with E-state index >= 15 is 0 Å². The summed E-state index contributed by atoms with van der Waals surface area (Å²) >= 11 is 0. The van der Waals surface area contributed by atoms with E-state index in [1.54, 1.807) is 48.2 Å². The minimum Gasteiger partial charge on any atom is -0.460 e. The number of amides is 2. The number of hydrogen-bond donors (Lipinski definition) is 0. The summed E-state index contributed by atoms with van der Waals surface area (Å²) in [6, 6.07) is 16.1. The quantitative estimate of drug-likeness (QED) is 0.565. The molecule has 0 aromatic heterocycles. The van der Waals surface area contributed by atoms with E-state index in [2.05, 4.69) is 6.58 Å². The number of carbonyl (C=O) groups is 3. The van der Waals surface area contributed by atoms with Gasteiger partial charge in [-0.3, -0.25) is 9.59 Å². The number of carbonyl (C=O) groups excluding carboxylic acids is 3. The largest absolute Gasteiger partial charge is 0.460 e. The molecule has 2 aromatic rings. The fraction of sp³-hybridized carbons (Fsp3) is 0.292. The van der Waals surface area contributed by atoms with Crippen LogP contribution in [-0.4, -0.2) is 59.4 Å². The van der Waals surface area contributed by atoms with Gasteiger partial charge in [0.05, 0.1) is 6.54 Å². The third kappa shape index (κ3) is 4.27. The maximum absolute atomic E-state index is 13.2. The second kappa shape index (κ2) is 8.95. The highest BCUT2D eigenvalue weighted by atomic mass is 16.5. The van der Waals surface area contributed by atoms with Crippen LogP contribution >= 0.6 is 0 Å². The number of hydrogen-bond acceptors (Lipinski definition) is 4. The van der Waals surface area contributed by atoms with Crippen LogP contribution in [0.1, 0.15) is 33.2 Å². The predicted octanol–water partition coefficient (Wildman–Crippen LogP) is 3.08. The molecule has 156 valence electrons. The zero-order valence-corrected chi connectivity index (χ0v) is 17.3. The first-order valence-corrected chi connectivity index (χ1v) is 9.88. The van der Waals surface area contributed by atoms with E-state index < -0.39 is 11.5 Å². The van der Waals surface area contributed by atoms with Crippen molar-refractivity contribution in [2.75, 3.05) is 26.2 Å². The number of nitrogens with zero attached hydrogens (tertiary/aromatic N) is 2. The molecule has 0 radical (unpaired) electrons. The zero-order chi connectivity index (χ0) is 21.7. The molecule has 1 heterocycles. The summed E-state index contributed by atoms with van der Waals surface area (Å²) in [6.07, 6.45) is 1.47. The van der Waals surface area contributed by atoms with E-state index in [1.165, 1.54) is 11.0 Å². The first-order valence-electron chi connectivity index (χ1n) is 9.88. The Morgan fingerprint density at radius 1 is 1.00 bits per heavy atom. The highest BCUT2D eigenvalue weighted by molar-refractivity contribution is 5.99. The molecule has 6 nitrogen and oxygen atoms in total. The Morgan fingerprint density at radius 3 is 2.27 bits per heavy atom. The molecule has 1 saturated heterocycles. The van der Waals surface area contributed by atoms with Crippen molar-refractivity contribution >= 4 is 17.8 Å². The molecule has 1 fully saturated rings. The number of rotatable bonds is 5. The summed E-state index contributed by atoms with van der Waals surface area (Å²) in [5, 5.41) is 0. The molecule has 2 aromatic carbocycles. The third-order valence-corrected chi connectivity index (χ3v) is 5.31. The molecule has 2 amide bonds. The van der Waals surface area contributed by atoms with Gasteiger partial charge in [0.2, 0.25) is 0 Å². The van der Waals surface area contributed by atoms with Crippen molar-refractivity contribution in [3.05, 3.63) is 83.9 Å². The minimum absolute atomic E-state index is 0.0354. The summed E-state index contributed by atoms with van der Waals surface area (Å²) < 4.78 is 5.31. The predicted molar refractivity (Wildman–Crippen MR) is 114 cm³/mol. The third-order valence-electron chi connectivity index (χ3n) is 5.31. The van der Waals surface area contributed by atoms with E-state index in [0.717, 1.165) is 5.56 Å². The van der Waals surface area contributed by atoms with E-state index in [0.29, 0.717) is 17.7 Å². The Balaban J connectivity index is 1.89. The summed E-state index contributed by atoms with van der Waals surface area (Å²) in [5.41, 5.74) is 0.778. The molecule has 0 N–H and O–H groups in total. The molecule has 6 heteroatoms. The molecular formula is C24H26N2O4. The van der Waals surface area contributed by atoms with Crippen LogP contribution in [0.2, 0.25) is 0 Å². The van der Waals surface area contributed by atoms with Gasteiger partial charge in [-0.25, -0.2) is 4.79 Å². The average Bonchev–Trinajstić information content (AvgIpc) is 2.77. The van der Waals surface area contributed by atoms with Crippen LogP contribution in [-0.2, 0) is 9.53 Å². The number of esters is 1. The van der Waals surface area contributed by atoms with Crippen molar-refractivity contribution in [3.8, 4) is 0 Å². The number of piperazine rings is 1. The summed E-state index contributed by atoms with van der Waals surface area (Å²) in [6.45, 7) is 7.81. The fourth-order valence-electron chi connectivity index (χ4n) is 3.58. The van der Waals surface area contributed by atoms with Crippen LogP contribution < -0.4 is 0 Å². The topological polar surface area (TPSA) is 66.9 Å². The van der Waals surface area contributed by atoms with Gasteiger partial charge >= 0.3 is 5.97 Å². The molecule has 1 unspecified atom stereocenters. The Morgan fingerprint density at radius 2 is 1.63 bits per heavy atom. The van der Waals surface area contributed by atoms with Crippen LogP contribution in [0.3, 0.4) is 0 Å². The van der Waals surface area contributed by atoms with Gasteiger partial charge in [-0.15, -0.1) is 0 Å². The van der Waals surface area contributed by atoms with Gasteiger partial charge in [0.25, 0.3) is 11.8 Å². The number of aryl methyl sites for hydroxylation is 1. The van der Waals surface area contributed by atoms with Crippen LogP contribution in [0.15, 0.2) is 67.3 Å². The average molecular weight is 406 g/mol. The molecule has 1 aliphatic rings. The first-order chi connectivity index (χ1) is 14.4. The van der Waals surface area contributed by atoms with E-state index in [4.69, 9.17) is 4.74 Å².